The van der Waals surface area contributed by atoms with E-state index in [1.807, 2.05) is 6.92 Å². The molecule has 12 nitrogen and oxygen atoms in total. The minimum Gasteiger partial charge on any atom is -0.349 e. The second kappa shape index (κ2) is 16.1. The highest BCUT2D eigenvalue weighted by atomic mass is 32.2. The van der Waals surface area contributed by atoms with E-state index >= 15 is 0 Å². The lowest BCUT2D eigenvalue weighted by atomic mass is 9.70. The van der Waals surface area contributed by atoms with Gasteiger partial charge in [-0.05, 0) is 94.3 Å². The molecule has 1 aliphatic heterocycles. The van der Waals surface area contributed by atoms with Crippen molar-refractivity contribution in [2.24, 2.45) is 28.6 Å². The number of nitrogens with one attached hydrogen (secondary N) is 4. The lowest BCUT2D eigenvalue weighted by molar-refractivity contribution is -0.146. The zero-order valence-corrected chi connectivity index (χ0v) is 34.3. The van der Waals surface area contributed by atoms with E-state index in [1.54, 1.807) is 25.7 Å². The Kier molecular flexibility index (Phi) is 12.6. The van der Waals surface area contributed by atoms with Crippen LogP contribution in [0.25, 0.3) is 0 Å². The van der Waals surface area contributed by atoms with Gasteiger partial charge in [0.2, 0.25) is 17.6 Å². The van der Waals surface area contributed by atoms with Crippen LogP contribution in [0, 0.1) is 40.9 Å². The summed E-state index contributed by atoms with van der Waals surface area (Å²) in [5.74, 6) is 0.188. The van der Waals surface area contributed by atoms with Crippen molar-refractivity contribution < 1.29 is 32.4 Å². The Balaban J connectivity index is 1.38. The molecule has 5 amide bonds. The summed E-state index contributed by atoms with van der Waals surface area (Å²) in [6.45, 7) is 11.9. The molecule has 0 aromatic heterocycles. The number of hydrogen-bond donors (Lipinski definition) is 4. The molecule has 54 heavy (non-hydrogen) atoms. The molecule has 13 heteroatoms. The second-order valence-electron chi connectivity index (χ2n) is 19.0. The van der Waals surface area contributed by atoms with Gasteiger partial charge in [-0.1, -0.05) is 65.7 Å². The third-order valence-corrected chi connectivity index (χ3v) is 16.6. The van der Waals surface area contributed by atoms with E-state index in [1.165, 1.54) is 0 Å². The fourth-order valence-corrected chi connectivity index (χ4v) is 11.1. The first kappa shape index (κ1) is 42.0. The molecule has 0 radical (unpaired) electrons. The standard InChI is InChI=1S/C41H65N5O7S/c1-8-9-19-29(32(47)35(49)42-24-27-17-16-18-27)43-34(48)31-30-28(39(30,5)6)25-46(31)36(50)33(40(7)20-12-10-13-21-40)44-37(51)45-41(22-14-11-15-23-41)26-54(52,53)38(2,3)4/h1,27-31,33H,9-26H2,2-7H3,(H,42,49)(H,43,48)(H2,44,45,51)/t28-,29?,30-,31-,33+/m0/s1. The molecule has 5 aliphatic rings. The largest absolute Gasteiger partial charge is 0.349 e. The molecule has 302 valence electrons. The van der Waals surface area contributed by atoms with Gasteiger partial charge in [-0.15, -0.1) is 12.3 Å². The Hall–Kier alpha value is -3.14. The molecule has 1 saturated heterocycles. The molecule has 4 N–H and O–H groups in total. The normalized spacial score (nSPS) is 26.8. The Morgan fingerprint density at radius 3 is 2.06 bits per heavy atom. The molecule has 1 heterocycles. The van der Waals surface area contributed by atoms with Gasteiger partial charge in [0.1, 0.15) is 12.1 Å². The number of likely N-dealkylation sites (tertiary alicyclic amines) is 1. The minimum absolute atomic E-state index is 0.0459. The number of Topliss-reactive ketones (excluding diaryl/α,β-unsaturated/α-hetero) is 1. The molecular formula is C41H65N5O7S. The molecule has 0 aromatic rings. The summed E-state index contributed by atoms with van der Waals surface area (Å²) < 4.78 is 25.9. The van der Waals surface area contributed by atoms with Crippen molar-refractivity contribution in [1.82, 2.24) is 26.2 Å². The van der Waals surface area contributed by atoms with Gasteiger partial charge in [0, 0.05) is 19.5 Å². The highest BCUT2D eigenvalue weighted by Gasteiger charge is 2.70. The summed E-state index contributed by atoms with van der Waals surface area (Å²) >= 11 is 0. The molecule has 5 atom stereocenters. The van der Waals surface area contributed by atoms with Crippen LogP contribution in [-0.2, 0) is 29.0 Å². The second-order valence-corrected chi connectivity index (χ2v) is 21.8. The molecular weight excluding hydrogens is 707 g/mol. The number of sulfone groups is 1. The zero-order valence-electron chi connectivity index (χ0n) is 33.5. The molecule has 4 aliphatic carbocycles. The lowest BCUT2D eigenvalue weighted by Gasteiger charge is -2.44. The Labute approximate surface area is 323 Å². The number of amides is 5. The fourth-order valence-electron chi connectivity index (χ4n) is 9.62. The monoisotopic (exact) mass is 771 g/mol. The molecule has 0 bridgehead atoms. The van der Waals surface area contributed by atoms with Crippen molar-refractivity contribution in [3.8, 4) is 12.3 Å². The summed E-state index contributed by atoms with van der Waals surface area (Å²) in [5, 5.41) is 11.7. The van der Waals surface area contributed by atoms with Crippen molar-refractivity contribution in [3.63, 3.8) is 0 Å². The van der Waals surface area contributed by atoms with Crippen molar-refractivity contribution >= 4 is 39.4 Å². The van der Waals surface area contributed by atoms with Gasteiger partial charge in [-0.25, -0.2) is 13.2 Å². The van der Waals surface area contributed by atoms with Gasteiger partial charge >= 0.3 is 6.03 Å². The quantitative estimate of drug-likeness (QED) is 0.150. The molecule has 5 rings (SSSR count). The summed E-state index contributed by atoms with van der Waals surface area (Å²) in [7, 11) is -3.58. The average molecular weight is 772 g/mol. The van der Waals surface area contributed by atoms with Crippen LogP contribution in [0.4, 0.5) is 4.79 Å². The van der Waals surface area contributed by atoms with Crippen LogP contribution < -0.4 is 21.3 Å². The summed E-state index contributed by atoms with van der Waals surface area (Å²) in [4.78, 5) is 71.3. The van der Waals surface area contributed by atoms with Crippen molar-refractivity contribution in [2.75, 3.05) is 18.8 Å². The predicted octanol–water partition coefficient (Wildman–Crippen LogP) is 4.41. The lowest BCUT2D eigenvalue weighted by Crippen LogP contribution is -2.65. The number of terminal acetylenes is 1. The van der Waals surface area contributed by atoms with Crippen LogP contribution in [0.2, 0.25) is 0 Å². The molecule has 5 fully saturated rings. The number of ketones is 1. The number of hydrogen-bond acceptors (Lipinski definition) is 7. The minimum atomic E-state index is -3.58. The van der Waals surface area contributed by atoms with Gasteiger partial charge in [0.25, 0.3) is 5.91 Å². The topological polar surface area (TPSA) is 171 Å². The Bertz CT molecular complexity index is 1600. The number of nitrogens with zero attached hydrogens (tertiary/aromatic N) is 1. The van der Waals surface area contributed by atoms with Crippen LogP contribution >= 0.6 is 0 Å². The predicted molar refractivity (Wildman–Crippen MR) is 208 cm³/mol. The van der Waals surface area contributed by atoms with E-state index in [0.29, 0.717) is 44.7 Å². The van der Waals surface area contributed by atoms with E-state index in [0.717, 1.165) is 57.8 Å². The Morgan fingerprint density at radius 2 is 1.50 bits per heavy atom. The molecule has 4 saturated carbocycles. The molecule has 0 aromatic carbocycles. The first-order chi connectivity index (χ1) is 25.3. The highest BCUT2D eigenvalue weighted by molar-refractivity contribution is 7.92. The average Bonchev–Trinajstić information content (AvgIpc) is 3.38. The maximum atomic E-state index is 14.9. The van der Waals surface area contributed by atoms with Gasteiger partial charge in [0.15, 0.2) is 9.84 Å². The number of rotatable bonds is 14. The van der Waals surface area contributed by atoms with Gasteiger partial charge < -0.3 is 26.2 Å². The van der Waals surface area contributed by atoms with Crippen LogP contribution in [0.3, 0.4) is 0 Å². The maximum absolute atomic E-state index is 14.9. The zero-order chi connectivity index (χ0) is 39.7. The summed E-state index contributed by atoms with van der Waals surface area (Å²) in [5.41, 5.74) is -1.78. The van der Waals surface area contributed by atoms with E-state index in [2.05, 4.69) is 41.0 Å². The van der Waals surface area contributed by atoms with Crippen molar-refractivity contribution in [2.45, 2.75) is 166 Å². The first-order valence-corrected chi connectivity index (χ1v) is 22.1. The number of carbonyl (C=O) groups is 5. The van der Waals surface area contributed by atoms with Crippen LogP contribution in [-0.4, -0.2) is 90.1 Å². The van der Waals surface area contributed by atoms with Crippen molar-refractivity contribution in [3.05, 3.63) is 0 Å². The number of fused-ring (bicyclic) bond motifs is 1. The van der Waals surface area contributed by atoms with Crippen LogP contribution in [0.1, 0.15) is 138 Å². The number of carbonyl (C=O) groups excluding carboxylic acids is 5. The molecule has 0 spiro atoms. The highest BCUT2D eigenvalue weighted by Crippen LogP contribution is 2.65. The van der Waals surface area contributed by atoms with Crippen molar-refractivity contribution in [1.29, 1.82) is 0 Å². The number of piperidine rings is 1. The fraction of sp³-hybridized carbons (Fsp3) is 0.829. The molecule has 1 unspecified atom stereocenters. The van der Waals surface area contributed by atoms with Crippen LogP contribution in [0.5, 0.6) is 0 Å². The number of urea groups is 1. The Morgan fingerprint density at radius 1 is 0.889 bits per heavy atom. The van der Waals surface area contributed by atoms with Crippen LogP contribution in [0.15, 0.2) is 0 Å². The smallest absolute Gasteiger partial charge is 0.315 e. The third-order valence-electron chi connectivity index (χ3n) is 13.8. The SMILES string of the molecule is C#CCCC(NC(=O)[C@@H]1[C@@H]2[C@H](CN1C(=O)[C@@H](NC(=O)NC1(CS(=O)(=O)C(C)(C)C)CCCCC1)C1(C)CCCCC1)C2(C)C)C(=O)C(=O)NCC1CCC1. The maximum Gasteiger partial charge on any atom is 0.315 e. The van der Waals surface area contributed by atoms with E-state index in [9.17, 15) is 32.4 Å². The third kappa shape index (κ3) is 8.94. The summed E-state index contributed by atoms with van der Waals surface area (Å²) in [6.07, 6.45) is 16.7. The van der Waals surface area contributed by atoms with Gasteiger partial charge in [-0.3, -0.25) is 19.2 Å². The van der Waals surface area contributed by atoms with E-state index in [-0.39, 0.29) is 41.8 Å². The van der Waals surface area contributed by atoms with E-state index in [4.69, 9.17) is 6.42 Å². The first-order valence-electron chi connectivity index (χ1n) is 20.4. The van der Waals surface area contributed by atoms with E-state index < -0.39 is 67.3 Å². The summed E-state index contributed by atoms with van der Waals surface area (Å²) in [6, 6.07) is -3.59. The van der Waals surface area contributed by atoms with Gasteiger partial charge in [0.05, 0.1) is 22.1 Å². The van der Waals surface area contributed by atoms with Gasteiger partial charge in [-0.2, -0.15) is 0 Å².